The number of anilines is 2. The van der Waals surface area contributed by atoms with Crippen molar-refractivity contribution in [3.8, 4) is 5.75 Å². The zero-order chi connectivity index (χ0) is 20.4. The van der Waals surface area contributed by atoms with Crippen LogP contribution in [0.2, 0.25) is 0 Å². The minimum atomic E-state index is -0.688. The Morgan fingerprint density at radius 3 is 2.66 bits per heavy atom. The number of benzene rings is 1. The van der Waals surface area contributed by atoms with Gasteiger partial charge in [-0.2, -0.15) is 0 Å². The molecule has 0 radical (unpaired) electrons. The van der Waals surface area contributed by atoms with Crippen molar-refractivity contribution in [3.05, 3.63) is 47.8 Å². The van der Waals surface area contributed by atoms with Crippen LogP contribution in [0.15, 0.2) is 30.5 Å². The fourth-order valence-electron chi connectivity index (χ4n) is 3.57. The number of aromatic nitrogens is 3. The van der Waals surface area contributed by atoms with Crippen LogP contribution in [-0.4, -0.2) is 34.1 Å². The lowest BCUT2D eigenvalue weighted by Crippen LogP contribution is -2.39. The van der Waals surface area contributed by atoms with Gasteiger partial charge in [-0.25, -0.2) is 18.7 Å². The fraction of sp³-hybridized carbons (Fsp3) is 0.381. The molecule has 1 aliphatic rings. The molecule has 0 saturated carbocycles. The number of hydrogen-bond acceptors (Lipinski definition) is 6. The van der Waals surface area contributed by atoms with E-state index in [2.05, 4.69) is 26.8 Å². The molecule has 4 rings (SSSR count). The fourth-order valence-corrected chi connectivity index (χ4v) is 3.57. The second kappa shape index (κ2) is 8.14. The zero-order valence-corrected chi connectivity index (χ0v) is 16.2. The summed E-state index contributed by atoms with van der Waals surface area (Å²) in [5.41, 5.74) is 8.62. The van der Waals surface area contributed by atoms with Gasteiger partial charge in [0.15, 0.2) is 23.2 Å². The summed E-state index contributed by atoms with van der Waals surface area (Å²) >= 11 is 0. The number of nitrogens with zero attached hydrogens (tertiary/aromatic N) is 4. The molecular weight excluding hydrogens is 376 g/mol. The van der Waals surface area contributed by atoms with E-state index in [9.17, 15) is 8.78 Å². The van der Waals surface area contributed by atoms with Gasteiger partial charge in [0.05, 0.1) is 11.7 Å². The van der Waals surface area contributed by atoms with Crippen molar-refractivity contribution in [2.75, 3.05) is 23.7 Å². The Bertz CT molecular complexity index is 1020. The maximum absolute atomic E-state index is 13.8. The molecule has 0 unspecified atom stereocenters. The highest BCUT2D eigenvalue weighted by molar-refractivity contribution is 5.79. The number of ether oxygens (including phenoxy) is 1. The van der Waals surface area contributed by atoms with Crippen molar-refractivity contribution in [1.82, 2.24) is 15.0 Å². The number of hydrogen-bond donors (Lipinski definition) is 1. The number of rotatable bonds is 5. The van der Waals surface area contributed by atoms with Crippen LogP contribution in [0.3, 0.4) is 0 Å². The van der Waals surface area contributed by atoms with Crippen molar-refractivity contribution < 1.29 is 13.5 Å². The van der Waals surface area contributed by atoms with Crippen LogP contribution >= 0.6 is 0 Å². The lowest BCUT2D eigenvalue weighted by Gasteiger charge is -2.33. The molecule has 0 amide bonds. The summed E-state index contributed by atoms with van der Waals surface area (Å²) in [6, 6.07) is 5.28. The maximum Gasteiger partial charge on any atom is 0.172 e. The summed E-state index contributed by atoms with van der Waals surface area (Å²) in [5.74, 6) is -0.216. The van der Waals surface area contributed by atoms with Crippen LogP contribution in [0.1, 0.15) is 31.9 Å². The lowest BCUT2D eigenvalue weighted by molar-refractivity contribution is 0.163. The highest BCUT2D eigenvalue weighted by atomic mass is 19.1. The van der Waals surface area contributed by atoms with Crippen molar-refractivity contribution in [2.24, 2.45) is 0 Å². The summed E-state index contributed by atoms with van der Waals surface area (Å²) in [6.07, 6.45) is 4.83. The summed E-state index contributed by atoms with van der Waals surface area (Å²) in [4.78, 5) is 15.7. The molecule has 29 heavy (non-hydrogen) atoms. The molecule has 2 aromatic heterocycles. The molecule has 0 spiro atoms. The number of nitrogens with two attached hydrogens (primary N) is 1. The Kier molecular flexibility index (Phi) is 5.42. The largest absolute Gasteiger partial charge is 0.487 e. The smallest absolute Gasteiger partial charge is 0.172 e. The molecule has 2 N–H and O–H groups in total. The van der Waals surface area contributed by atoms with Crippen molar-refractivity contribution in [2.45, 2.75) is 38.7 Å². The maximum atomic E-state index is 13.8. The molecule has 1 saturated heterocycles. The van der Waals surface area contributed by atoms with Crippen molar-refractivity contribution >= 4 is 22.7 Å². The normalized spacial score (nSPS) is 15.1. The lowest BCUT2D eigenvalue weighted by atomic mass is 10.1. The summed E-state index contributed by atoms with van der Waals surface area (Å²) in [5, 5.41) is 0. The van der Waals surface area contributed by atoms with Crippen molar-refractivity contribution in [1.29, 1.82) is 0 Å². The molecule has 0 atom stereocenters. The van der Waals surface area contributed by atoms with Gasteiger partial charge in [0.1, 0.15) is 17.4 Å². The molecular formula is C21H23F2N5O. The van der Waals surface area contributed by atoms with Crippen LogP contribution < -0.4 is 15.4 Å². The summed E-state index contributed by atoms with van der Waals surface area (Å²) in [7, 11) is 0. The molecule has 1 fully saturated rings. The van der Waals surface area contributed by atoms with Gasteiger partial charge in [0.25, 0.3) is 0 Å². The topological polar surface area (TPSA) is 77.2 Å². The zero-order valence-electron chi connectivity index (χ0n) is 16.2. The van der Waals surface area contributed by atoms with Gasteiger partial charge in [0.2, 0.25) is 0 Å². The van der Waals surface area contributed by atoms with Crippen molar-refractivity contribution in [3.63, 3.8) is 0 Å². The molecule has 3 heterocycles. The van der Waals surface area contributed by atoms with E-state index in [1.165, 1.54) is 12.1 Å². The molecule has 0 aliphatic carbocycles. The Hall–Kier alpha value is -3.03. The SMILES string of the molecule is CCCc1cc2nc(N)c(N3CCC(Oc4ccc(F)cc4F)CC3)nc2cn1. The van der Waals surface area contributed by atoms with Gasteiger partial charge in [-0.05, 0) is 24.6 Å². The number of fused-ring (bicyclic) bond motifs is 1. The minimum Gasteiger partial charge on any atom is -0.487 e. The second-order valence-corrected chi connectivity index (χ2v) is 7.23. The number of halogens is 2. The minimum absolute atomic E-state index is 0.0730. The van der Waals surface area contributed by atoms with Crippen LogP contribution in [0.25, 0.3) is 11.0 Å². The van der Waals surface area contributed by atoms with Crippen LogP contribution in [0, 0.1) is 11.6 Å². The van der Waals surface area contributed by atoms with E-state index < -0.39 is 11.6 Å². The third-order valence-corrected chi connectivity index (χ3v) is 5.05. The van der Waals surface area contributed by atoms with Gasteiger partial charge < -0.3 is 15.4 Å². The molecule has 8 heteroatoms. The van der Waals surface area contributed by atoms with Gasteiger partial charge in [0, 0.05) is 37.7 Å². The number of nitrogen functional groups attached to an aromatic ring is 1. The molecule has 152 valence electrons. The van der Waals surface area contributed by atoms with E-state index >= 15 is 0 Å². The molecule has 1 aromatic carbocycles. The molecule has 6 nitrogen and oxygen atoms in total. The van der Waals surface area contributed by atoms with Gasteiger partial charge in [-0.15, -0.1) is 0 Å². The van der Waals surface area contributed by atoms with Gasteiger partial charge >= 0.3 is 0 Å². The average molecular weight is 399 g/mol. The Morgan fingerprint density at radius 1 is 1.14 bits per heavy atom. The van der Waals surface area contributed by atoms with Gasteiger partial charge in [-0.3, -0.25) is 4.98 Å². The quantitative estimate of drug-likeness (QED) is 0.702. The average Bonchev–Trinajstić information content (AvgIpc) is 2.70. The highest BCUT2D eigenvalue weighted by Crippen LogP contribution is 2.28. The number of aryl methyl sites for hydroxylation is 1. The number of piperidine rings is 1. The standard InChI is InChI=1S/C21H23F2N5O/c1-2-3-14-11-17-18(12-25-14)27-21(20(24)26-17)28-8-6-15(7-9-28)29-19-5-4-13(22)10-16(19)23/h4-5,10-12,15H,2-3,6-9H2,1H3,(H2,24,26). The first-order chi connectivity index (χ1) is 14.0. The first-order valence-electron chi connectivity index (χ1n) is 9.82. The van der Waals surface area contributed by atoms with E-state index in [1.807, 2.05) is 6.07 Å². The third-order valence-electron chi connectivity index (χ3n) is 5.05. The molecule has 3 aromatic rings. The highest BCUT2D eigenvalue weighted by Gasteiger charge is 2.24. The Balaban J connectivity index is 1.45. The van der Waals surface area contributed by atoms with Crippen LogP contribution in [-0.2, 0) is 6.42 Å². The number of pyridine rings is 1. The second-order valence-electron chi connectivity index (χ2n) is 7.23. The first kappa shape index (κ1) is 19.3. The van der Waals surface area contributed by atoms with Crippen LogP contribution in [0.4, 0.5) is 20.4 Å². The van der Waals surface area contributed by atoms with E-state index in [4.69, 9.17) is 10.5 Å². The summed E-state index contributed by atoms with van der Waals surface area (Å²) in [6.45, 7) is 3.41. The third kappa shape index (κ3) is 4.21. The Morgan fingerprint density at radius 2 is 1.93 bits per heavy atom. The van der Waals surface area contributed by atoms with E-state index in [1.54, 1.807) is 6.20 Å². The van der Waals surface area contributed by atoms with Gasteiger partial charge in [-0.1, -0.05) is 13.3 Å². The molecule has 1 aliphatic heterocycles. The monoisotopic (exact) mass is 399 g/mol. The van der Waals surface area contributed by atoms with Crippen LogP contribution in [0.5, 0.6) is 5.75 Å². The van der Waals surface area contributed by atoms with E-state index in [-0.39, 0.29) is 11.9 Å². The first-order valence-corrected chi connectivity index (χ1v) is 9.82. The molecule has 0 bridgehead atoms. The predicted molar refractivity (Wildman–Crippen MR) is 108 cm³/mol. The summed E-state index contributed by atoms with van der Waals surface area (Å²) < 4.78 is 32.6. The van der Waals surface area contributed by atoms with E-state index in [0.717, 1.165) is 30.1 Å². The predicted octanol–water partition coefficient (Wildman–Crippen LogP) is 3.89. The van der Waals surface area contributed by atoms with E-state index in [0.29, 0.717) is 43.1 Å². The Labute approximate surface area is 167 Å².